The molecule has 172 valence electrons. The van der Waals surface area contributed by atoms with E-state index in [9.17, 15) is 14.4 Å². The highest BCUT2D eigenvalue weighted by atomic mass is 19.1. The van der Waals surface area contributed by atoms with Gasteiger partial charge in [0.15, 0.2) is 12.0 Å². The van der Waals surface area contributed by atoms with Gasteiger partial charge in [0.1, 0.15) is 17.3 Å². The summed E-state index contributed by atoms with van der Waals surface area (Å²) in [5.41, 5.74) is 2.53. The number of aryl methyl sites for hydroxylation is 1. The van der Waals surface area contributed by atoms with Crippen molar-refractivity contribution in [3.8, 4) is 11.3 Å². The summed E-state index contributed by atoms with van der Waals surface area (Å²) in [5.74, 6) is 0.149. The number of allylic oxidation sites excluding steroid dienone is 4. The van der Waals surface area contributed by atoms with E-state index in [1.54, 1.807) is 45.1 Å². The first-order chi connectivity index (χ1) is 16.2. The Hall–Kier alpha value is -4.38. The van der Waals surface area contributed by atoms with Crippen molar-refractivity contribution in [1.82, 2.24) is 29.2 Å². The van der Waals surface area contributed by atoms with Gasteiger partial charge in [-0.1, -0.05) is 0 Å². The number of benzene rings is 1. The van der Waals surface area contributed by atoms with Gasteiger partial charge in [-0.25, -0.2) is 33.3 Å². The Morgan fingerprint density at radius 3 is 2.41 bits per heavy atom. The van der Waals surface area contributed by atoms with Gasteiger partial charge in [-0.2, -0.15) is 0 Å². The zero-order chi connectivity index (χ0) is 24.1. The molecule has 0 fully saturated rings. The number of nitrogens with zero attached hydrogens (tertiary/aromatic N) is 6. The van der Waals surface area contributed by atoms with E-state index in [-0.39, 0.29) is 17.8 Å². The molecule has 0 saturated heterocycles. The molecule has 1 aliphatic heterocycles. The second-order valence-corrected chi connectivity index (χ2v) is 7.96. The second kappa shape index (κ2) is 7.89. The van der Waals surface area contributed by atoms with Crippen LogP contribution < -0.4 is 16.5 Å². The molecule has 0 amide bonds. The van der Waals surface area contributed by atoms with Crippen molar-refractivity contribution in [1.29, 1.82) is 5.41 Å². The molecule has 0 unspecified atom stereocenters. The molecule has 10 nitrogen and oxygen atoms in total. The highest BCUT2D eigenvalue weighted by Gasteiger charge is 2.20. The number of hydrogen-bond donors (Lipinski definition) is 2. The Kier molecular flexibility index (Phi) is 4.98. The molecule has 4 aromatic rings. The third-order valence-electron chi connectivity index (χ3n) is 5.68. The fraction of sp³-hybridized carbons (Fsp3) is 0.174. The smallest absolute Gasteiger partial charge is 0.353 e. The van der Waals surface area contributed by atoms with Crippen molar-refractivity contribution in [2.45, 2.75) is 27.3 Å². The van der Waals surface area contributed by atoms with Crippen LogP contribution in [0.3, 0.4) is 0 Å². The minimum absolute atomic E-state index is 0.0527. The Balaban J connectivity index is 1.90. The van der Waals surface area contributed by atoms with Gasteiger partial charge in [0.25, 0.3) is 0 Å². The first-order valence-electron chi connectivity index (χ1n) is 10.4. The van der Waals surface area contributed by atoms with E-state index in [1.807, 2.05) is 0 Å². The van der Waals surface area contributed by atoms with Gasteiger partial charge in [-0.05, 0) is 62.8 Å². The van der Waals surface area contributed by atoms with Crippen LogP contribution in [0.5, 0.6) is 0 Å². The van der Waals surface area contributed by atoms with Gasteiger partial charge in [-0.3, -0.25) is 10.6 Å². The van der Waals surface area contributed by atoms with Gasteiger partial charge in [0.2, 0.25) is 5.62 Å². The van der Waals surface area contributed by atoms with Gasteiger partial charge in [0.05, 0.1) is 17.5 Å². The summed E-state index contributed by atoms with van der Waals surface area (Å²) in [7, 11) is 0. The van der Waals surface area contributed by atoms with Crippen LogP contribution in [0, 0.1) is 18.2 Å². The number of aromatic nitrogens is 5. The van der Waals surface area contributed by atoms with Crippen LogP contribution in [0.15, 0.2) is 63.4 Å². The maximum atomic E-state index is 13.6. The molecule has 3 aromatic heterocycles. The lowest BCUT2D eigenvalue weighted by molar-refractivity contribution is -0.0190. The van der Waals surface area contributed by atoms with Crippen LogP contribution in [0.4, 0.5) is 4.39 Å². The molecule has 0 saturated carbocycles. The van der Waals surface area contributed by atoms with Crippen LogP contribution in [0.2, 0.25) is 0 Å². The highest BCUT2D eigenvalue weighted by molar-refractivity contribution is 5.79. The van der Waals surface area contributed by atoms with Crippen molar-refractivity contribution in [3.63, 3.8) is 0 Å². The number of nitrogens with one attached hydrogen (secondary N) is 1. The molecule has 0 bridgehead atoms. The second-order valence-electron chi connectivity index (χ2n) is 7.96. The standard InChI is InChI=1S/C23H20FN7O3/c1-12-8-16(9-13(2)31(12)33)19-20(15-4-6-17(24)7-5-15)27-22(25)30-21(19)28-29(23(30)32)10-18-14(3)34-11-26-18/h4-9,11,25,33H,10H2,1-3H3. The number of hydrogen-bond acceptors (Lipinski definition) is 8. The van der Waals surface area contributed by atoms with Crippen LogP contribution >= 0.6 is 0 Å². The Labute approximate surface area is 191 Å². The van der Waals surface area contributed by atoms with E-state index in [1.165, 1.54) is 23.2 Å². The van der Waals surface area contributed by atoms with Crippen LogP contribution in [0.25, 0.3) is 22.5 Å². The molecular formula is C23H20FN7O3. The topological polar surface area (TPSA) is 126 Å². The quantitative estimate of drug-likeness (QED) is 0.477. The SMILES string of the molecule is CC1=CC(=c2c(-c3ccc(F)cc3)nc(=N)n3c(=O)n(Cc4ncoc4C)nc23)C=C(C)N1O. The number of oxazole rings is 1. The fourth-order valence-electron chi connectivity index (χ4n) is 3.92. The van der Waals surface area contributed by atoms with Crippen molar-refractivity contribution in [2.24, 2.45) is 0 Å². The molecule has 1 aliphatic rings. The Morgan fingerprint density at radius 1 is 1.12 bits per heavy atom. The van der Waals surface area contributed by atoms with Gasteiger partial charge in [0, 0.05) is 17.0 Å². The summed E-state index contributed by atoms with van der Waals surface area (Å²) < 4.78 is 21.2. The molecule has 2 N–H and O–H groups in total. The summed E-state index contributed by atoms with van der Waals surface area (Å²) in [5, 5.41) is 24.7. The number of halogens is 1. The molecule has 5 rings (SSSR count). The lowest BCUT2D eigenvalue weighted by Gasteiger charge is -2.22. The fourth-order valence-corrected chi connectivity index (χ4v) is 3.92. The van der Waals surface area contributed by atoms with Crippen LogP contribution in [0.1, 0.15) is 25.3 Å². The van der Waals surface area contributed by atoms with E-state index in [4.69, 9.17) is 9.83 Å². The first-order valence-corrected chi connectivity index (χ1v) is 10.4. The third kappa shape index (κ3) is 3.42. The average molecular weight is 461 g/mol. The molecule has 34 heavy (non-hydrogen) atoms. The summed E-state index contributed by atoms with van der Waals surface area (Å²) in [4.78, 5) is 21.7. The number of fused-ring (bicyclic) bond motifs is 1. The van der Waals surface area contributed by atoms with Crippen molar-refractivity contribution in [3.05, 3.63) is 92.8 Å². The normalized spacial score (nSPS) is 14.0. The first kappa shape index (κ1) is 21.5. The number of rotatable bonds is 3. The van der Waals surface area contributed by atoms with Gasteiger partial charge >= 0.3 is 5.69 Å². The highest BCUT2D eigenvalue weighted by Crippen LogP contribution is 2.22. The third-order valence-corrected chi connectivity index (χ3v) is 5.68. The maximum absolute atomic E-state index is 13.6. The Morgan fingerprint density at radius 2 is 1.79 bits per heavy atom. The van der Waals surface area contributed by atoms with E-state index in [0.29, 0.717) is 44.9 Å². The minimum atomic E-state index is -0.552. The largest absolute Gasteiger partial charge is 0.448 e. The maximum Gasteiger partial charge on any atom is 0.353 e. The van der Waals surface area contributed by atoms with Gasteiger partial charge < -0.3 is 4.42 Å². The molecule has 1 aromatic carbocycles. The lowest BCUT2D eigenvalue weighted by atomic mass is 10.0. The van der Waals surface area contributed by atoms with Gasteiger partial charge in [-0.15, -0.1) is 5.10 Å². The molecule has 0 atom stereocenters. The van der Waals surface area contributed by atoms with E-state index in [0.717, 1.165) is 9.46 Å². The van der Waals surface area contributed by atoms with E-state index >= 15 is 0 Å². The zero-order valence-corrected chi connectivity index (χ0v) is 18.6. The van der Waals surface area contributed by atoms with Crippen LogP contribution in [-0.4, -0.2) is 34.4 Å². The molecule has 11 heteroatoms. The molecule has 0 spiro atoms. The van der Waals surface area contributed by atoms with Crippen molar-refractivity contribution >= 4 is 11.2 Å². The molecule has 4 heterocycles. The predicted octanol–water partition coefficient (Wildman–Crippen LogP) is 1.90. The molecule has 0 radical (unpaired) electrons. The van der Waals surface area contributed by atoms with E-state index in [2.05, 4.69) is 15.1 Å². The minimum Gasteiger partial charge on any atom is -0.448 e. The predicted molar refractivity (Wildman–Crippen MR) is 119 cm³/mol. The zero-order valence-electron chi connectivity index (χ0n) is 18.6. The van der Waals surface area contributed by atoms with Crippen molar-refractivity contribution in [2.75, 3.05) is 0 Å². The monoisotopic (exact) mass is 461 g/mol. The molecule has 0 aliphatic carbocycles. The number of hydroxylamine groups is 2. The Bertz CT molecular complexity index is 1650. The summed E-state index contributed by atoms with van der Waals surface area (Å²) >= 11 is 0. The molecular weight excluding hydrogens is 441 g/mol. The average Bonchev–Trinajstić information content (AvgIpc) is 3.35. The van der Waals surface area contributed by atoms with Crippen LogP contribution in [-0.2, 0) is 6.54 Å². The summed E-state index contributed by atoms with van der Waals surface area (Å²) in [6.45, 7) is 5.25. The summed E-state index contributed by atoms with van der Waals surface area (Å²) in [6.07, 6.45) is 4.75. The summed E-state index contributed by atoms with van der Waals surface area (Å²) in [6, 6.07) is 5.71. The van der Waals surface area contributed by atoms with Crippen molar-refractivity contribution < 1.29 is 14.0 Å². The van der Waals surface area contributed by atoms with E-state index < -0.39 is 11.5 Å². The lowest BCUT2D eigenvalue weighted by Crippen LogP contribution is -2.34.